The number of carbonyl (C=O) groups is 2. The first kappa shape index (κ1) is 20.7. The van der Waals surface area contributed by atoms with E-state index in [1.165, 1.54) is 14.2 Å². The van der Waals surface area contributed by atoms with E-state index in [9.17, 15) is 14.4 Å². The zero-order valence-electron chi connectivity index (χ0n) is 17.5. The molecule has 1 aromatic carbocycles. The van der Waals surface area contributed by atoms with Gasteiger partial charge in [0.25, 0.3) is 5.56 Å². The Morgan fingerprint density at radius 2 is 1.94 bits per heavy atom. The molecule has 2 aliphatic rings. The second-order valence-electron chi connectivity index (χ2n) is 7.56. The Hall–Kier alpha value is -3.56. The van der Waals surface area contributed by atoms with Crippen molar-refractivity contribution < 1.29 is 19.1 Å². The number of fused-ring (bicyclic) bond motifs is 1. The molecule has 1 saturated heterocycles. The third kappa shape index (κ3) is 4.18. The van der Waals surface area contributed by atoms with Crippen molar-refractivity contribution in [2.75, 3.05) is 42.8 Å². The molecule has 0 saturated carbocycles. The largest absolute Gasteiger partial charge is 0.497 e. The zero-order valence-corrected chi connectivity index (χ0v) is 17.5. The predicted octanol–water partition coefficient (Wildman–Crippen LogP) is 1.84. The van der Waals surface area contributed by atoms with Gasteiger partial charge in [-0.15, -0.1) is 0 Å². The number of hydrogen-bond acceptors (Lipinski definition) is 7. The maximum atomic E-state index is 13.1. The highest BCUT2D eigenvalue weighted by molar-refractivity contribution is 6.05. The number of piperidine rings is 1. The van der Waals surface area contributed by atoms with E-state index < -0.39 is 17.4 Å². The summed E-state index contributed by atoms with van der Waals surface area (Å²) in [4.78, 5) is 47.6. The lowest BCUT2D eigenvalue weighted by molar-refractivity contribution is -0.123. The van der Waals surface area contributed by atoms with Crippen LogP contribution in [-0.4, -0.2) is 49.1 Å². The Kier molecular flexibility index (Phi) is 5.79. The Balaban J connectivity index is 1.66. The van der Waals surface area contributed by atoms with Crippen LogP contribution >= 0.6 is 0 Å². The lowest BCUT2D eigenvalue weighted by atomic mass is 9.92. The number of hydrogen-bond donors (Lipinski definition) is 3. The highest BCUT2D eigenvalue weighted by atomic mass is 16.5. The fourth-order valence-corrected chi connectivity index (χ4v) is 3.97. The van der Waals surface area contributed by atoms with Gasteiger partial charge in [0.15, 0.2) is 0 Å². The number of anilines is 3. The molecule has 1 fully saturated rings. The second kappa shape index (κ2) is 8.66. The number of aromatic amines is 1. The Labute approximate surface area is 179 Å². The second-order valence-corrected chi connectivity index (χ2v) is 7.56. The molecule has 164 valence electrons. The maximum absolute atomic E-state index is 13.1. The fourth-order valence-electron chi connectivity index (χ4n) is 3.97. The van der Waals surface area contributed by atoms with E-state index in [2.05, 4.69) is 20.6 Å². The minimum absolute atomic E-state index is 0.137. The number of aromatic nitrogens is 2. The number of methoxy groups -OCH3 is 2. The summed E-state index contributed by atoms with van der Waals surface area (Å²) >= 11 is 0. The van der Waals surface area contributed by atoms with Gasteiger partial charge in [-0.1, -0.05) is 0 Å². The number of nitrogens with one attached hydrogen (secondary N) is 3. The monoisotopic (exact) mass is 427 g/mol. The van der Waals surface area contributed by atoms with Crippen LogP contribution in [0, 0.1) is 0 Å². The number of H-pyrrole nitrogens is 1. The zero-order chi connectivity index (χ0) is 22.0. The third-order valence-corrected chi connectivity index (χ3v) is 5.58. The lowest BCUT2D eigenvalue weighted by Gasteiger charge is -2.29. The van der Waals surface area contributed by atoms with Crippen LogP contribution < -0.4 is 30.6 Å². The molecule has 10 nitrogen and oxygen atoms in total. The first-order chi connectivity index (χ1) is 15.0. The Morgan fingerprint density at radius 1 is 1.16 bits per heavy atom. The molecule has 1 aromatic heterocycles. The Morgan fingerprint density at radius 3 is 2.65 bits per heavy atom. The van der Waals surface area contributed by atoms with Gasteiger partial charge in [0.2, 0.25) is 17.8 Å². The van der Waals surface area contributed by atoms with Gasteiger partial charge in [0.1, 0.15) is 17.3 Å². The molecule has 0 bridgehead atoms. The van der Waals surface area contributed by atoms with Gasteiger partial charge < -0.3 is 25.0 Å². The molecule has 4 rings (SSSR count). The summed E-state index contributed by atoms with van der Waals surface area (Å²) in [7, 11) is 3.00. The van der Waals surface area contributed by atoms with E-state index in [1.54, 1.807) is 18.2 Å². The van der Waals surface area contributed by atoms with Crippen molar-refractivity contribution in [3.63, 3.8) is 0 Å². The van der Waals surface area contributed by atoms with Crippen molar-refractivity contribution in [1.29, 1.82) is 0 Å². The molecule has 31 heavy (non-hydrogen) atoms. The van der Waals surface area contributed by atoms with E-state index in [4.69, 9.17) is 9.47 Å². The molecule has 3 heterocycles. The van der Waals surface area contributed by atoms with Gasteiger partial charge in [-0.05, 0) is 31.4 Å². The van der Waals surface area contributed by atoms with Gasteiger partial charge >= 0.3 is 0 Å². The molecule has 0 aliphatic carbocycles. The summed E-state index contributed by atoms with van der Waals surface area (Å²) in [6.45, 7) is 1.57. The first-order valence-corrected chi connectivity index (χ1v) is 10.2. The highest BCUT2D eigenvalue weighted by Crippen LogP contribution is 2.33. The number of carbonyl (C=O) groups excluding carboxylic acids is 2. The molecule has 0 radical (unpaired) electrons. The molecular weight excluding hydrogens is 402 g/mol. The lowest BCUT2D eigenvalue weighted by Crippen LogP contribution is -2.38. The molecule has 2 aliphatic heterocycles. The summed E-state index contributed by atoms with van der Waals surface area (Å²) in [6, 6.07) is 4.98. The summed E-state index contributed by atoms with van der Waals surface area (Å²) in [6.07, 6.45) is 3.01. The highest BCUT2D eigenvalue weighted by Gasteiger charge is 2.35. The maximum Gasteiger partial charge on any atom is 0.258 e. The number of amides is 2. The topological polar surface area (TPSA) is 126 Å². The minimum atomic E-state index is -0.980. The van der Waals surface area contributed by atoms with E-state index in [-0.39, 0.29) is 23.7 Å². The summed E-state index contributed by atoms with van der Waals surface area (Å²) in [5.41, 5.74) is 0.108. The molecule has 10 heteroatoms. The molecule has 0 unspecified atom stereocenters. The van der Waals surface area contributed by atoms with Crippen LogP contribution in [0.3, 0.4) is 0 Å². The number of ether oxygens (including phenoxy) is 2. The van der Waals surface area contributed by atoms with Crippen molar-refractivity contribution in [2.24, 2.45) is 0 Å². The molecule has 2 amide bonds. The van der Waals surface area contributed by atoms with Gasteiger partial charge in [-0.2, -0.15) is 4.98 Å². The summed E-state index contributed by atoms with van der Waals surface area (Å²) < 4.78 is 10.5. The van der Waals surface area contributed by atoms with Gasteiger partial charge in [-0.25, -0.2) is 0 Å². The third-order valence-electron chi connectivity index (χ3n) is 5.58. The van der Waals surface area contributed by atoms with Crippen LogP contribution in [0.4, 0.5) is 17.5 Å². The first-order valence-electron chi connectivity index (χ1n) is 10.2. The van der Waals surface area contributed by atoms with Crippen molar-refractivity contribution in [2.45, 2.75) is 31.6 Å². The van der Waals surface area contributed by atoms with Crippen LogP contribution in [-0.2, 0) is 9.59 Å². The van der Waals surface area contributed by atoms with E-state index in [0.29, 0.717) is 23.1 Å². The van der Waals surface area contributed by atoms with E-state index >= 15 is 0 Å². The number of benzene rings is 1. The summed E-state index contributed by atoms with van der Waals surface area (Å²) in [5, 5.41) is 5.41. The number of rotatable bonds is 5. The van der Waals surface area contributed by atoms with Crippen molar-refractivity contribution in [3.05, 3.63) is 34.1 Å². The van der Waals surface area contributed by atoms with Gasteiger partial charge in [0.05, 0.1) is 31.4 Å². The van der Waals surface area contributed by atoms with Crippen LogP contribution in [0.15, 0.2) is 23.0 Å². The minimum Gasteiger partial charge on any atom is -0.497 e. The van der Waals surface area contributed by atoms with Gasteiger partial charge in [-0.3, -0.25) is 19.4 Å². The molecule has 3 N–H and O–H groups in total. The van der Waals surface area contributed by atoms with Crippen molar-refractivity contribution >= 4 is 29.3 Å². The molecular formula is C21H25N5O5. The Bertz CT molecular complexity index is 1060. The summed E-state index contributed by atoms with van der Waals surface area (Å²) in [5.74, 6) is -0.330. The van der Waals surface area contributed by atoms with Crippen LogP contribution in [0.25, 0.3) is 0 Å². The van der Waals surface area contributed by atoms with E-state index in [0.717, 1.165) is 32.4 Å². The smallest absolute Gasteiger partial charge is 0.258 e. The number of nitrogens with zero attached hydrogens (tertiary/aromatic N) is 2. The quantitative estimate of drug-likeness (QED) is 0.665. The average Bonchev–Trinajstić information content (AvgIpc) is 2.78. The molecule has 1 atom stereocenters. The molecule has 0 spiro atoms. The van der Waals surface area contributed by atoms with Gasteiger partial charge in [0, 0.05) is 25.6 Å². The standard InChI is InChI=1S/C21H25N5O5/c1-30-12-6-7-15(31-2)14(10-12)22-19(28)13-11-16(27)23-18-17(13)20(29)25-21(24-18)26-8-4-3-5-9-26/h6-7,10,13H,3-5,8-9,11H2,1-2H3,(H,22,28)(H2,23,24,25,27,29)/t13-/m1/s1. The van der Waals surface area contributed by atoms with Crippen LogP contribution in [0.2, 0.25) is 0 Å². The fraction of sp³-hybridized carbons (Fsp3) is 0.429. The van der Waals surface area contributed by atoms with Crippen LogP contribution in [0.5, 0.6) is 11.5 Å². The van der Waals surface area contributed by atoms with Crippen molar-refractivity contribution in [1.82, 2.24) is 9.97 Å². The molecule has 2 aromatic rings. The average molecular weight is 427 g/mol. The van der Waals surface area contributed by atoms with E-state index in [1.807, 2.05) is 4.90 Å². The van der Waals surface area contributed by atoms with Crippen molar-refractivity contribution in [3.8, 4) is 11.5 Å². The predicted molar refractivity (Wildman–Crippen MR) is 115 cm³/mol. The normalized spacial score (nSPS) is 18.1. The van der Waals surface area contributed by atoms with Crippen LogP contribution in [0.1, 0.15) is 37.2 Å². The SMILES string of the molecule is COc1ccc(OC)c(NC(=O)[C@@H]2CC(=O)Nc3nc(N4CCCCC4)[nH]c(=O)c32)c1.